The van der Waals surface area contributed by atoms with Gasteiger partial charge in [-0.15, -0.1) is 0 Å². The van der Waals surface area contributed by atoms with Gasteiger partial charge in [-0.05, 0) is 54.1 Å². The number of amides is 1. The summed E-state index contributed by atoms with van der Waals surface area (Å²) in [5, 5.41) is 9.04. The molecule has 4 aromatic carbocycles. The number of nitrogens with zero attached hydrogens (tertiary/aromatic N) is 1. The van der Waals surface area contributed by atoms with Gasteiger partial charge in [-0.1, -0.05) is 70.5 Å². The number of alkyl halides is 3. The number of ether oxygens (including phenoxy) is 2. The summed E-state index contributed by atoms with van der Waals surface area (Å²) in [6.07, 6.45) is -5.50. The maximum absolute atomic E-state index is 14.3. The summed E-state index contributed by atoms with van der Waals surface area (Å²) in [7, 11) is -3.89. The maximum atomic E-state index is 14.3. The lowest BCUT2D eigenvalue weighted by Gasteiger charge is -2.31. The van der Waals surface area contributed by atoms with E-state index >= 15 is 0 Å². The van der Waals surface area contributed by atoms with Crippen LogP contribution >= 0.6 is 15.9 Å². The van der Waals surface area contributed by atoms with Crippen molar-refractivity contribution in [3.05, 3.63) is 130 Å². The molecule has 0 spiro atoms. The van der Waals surface area contributed by atoms with E-state index in [2.05, 4.69) is 26.8 Å². The summed E-state index contributed by atoms with van der Waals surface area (Å²) in [5.74, 6) is -0.610. The molecule has 0 bridgehead atoms. The third kappa shape index (κ3) is 8.68. The Bertz CT molecular complexity index is 1890. The smallest absolute Gasteiger partial charge is 0.416 e. The zero-order valence-electron chi connectivity index (χ0n) is 26.0. The number of aliphatic hydroxyl groups is 1. The molecule has 0 fully saturated rings. The molecule has 1 aliphatic rings. The van der Waals surface area contributed by atoms with E-state index in [0.29, 0.717) is 34.4 Å². The average molecular weight is 761 g/mol. The van der Waals surface area contributed by atoms with Gasteiger partial charge >= 0.3 is 6.18 Å². The molecule has 14 heteroatoms. The van der Waals surface area contributed by atoms with Crippen molar-refractivity contribution in [1.82, 2.24) is 10.9 Å². The van der Waals surface area contributed by atoms with Crippen LogP contribution in [0.25, 0.3) is 0 Å². The van der Waals surface area contributed by atoms with E-state index in [-0.39, 0.29) is 35.9 Å². The Hall–Kier alpha value is -4.24. The van der Waals surface area contributed by atoms with E-state index in [9.17, 15) is 26.4 Å². The summed E-state index contributed by atoms with van der Waals surface area (Å²) in [6, 6.07) is 26.2. The maximum Gasteiger partial charge on any atom is 0.416 e. The summed E-state index contributed by atoms with van der Waals surface area (Å²) in [5.41, 5.74) is 3.85. The van der Waals surface area contributed by atoms with Crippen LogP contribution in [0.3, 0.4) is 0 Å². The number of carbonyl (C=O) groups excluding carboxylic acids is 1. The Kier molecular flexibility index (Phi) is 11.4. The second-order valence-electron chi connectivity index (χ2n) is 11.2. The Labute approximate surface area is 290 Å². The Morgan fingerprint density at radius 2 is 1.69 bits per heavy atom. The molecule has 0 saturated heterocycles. The molecule has 9 nitrogen and oxygen atoms in total. The fraction of sp³-hybridized carbons (Fsp3) is 0.257. The number of hydrazine groups is 1. The first-order valence-electron chi connectivity index (χ1n) is 15.3. The van der Waals surface area contributed by atoms with Crippen molar-refractivity contribution in [2.75, 3.05) is 19.0 Å². The molecule has 1 heterocycles. The van der Waals surface area contributed by atoms with Crippen molar-refractivity contribution >= 4 is 37.6 Å². The molecule has 1 aliphatic heterocycles. The molecule has 49 heavy (non-hydrogen) atoms. The van der Waals surface area contributed by atoms with Crippen LogP contribution in [0.1, 0.15) is 41.2 Å². The summed E-state index contributed by atoms with van der Waals surface area (Å²) < 4.78 is 79.5. The topological polar surface area (TPSA) is 126 Å². The van der Waals surface area contributed by atoms with Crippen LogP contribution in [-0.2, 0) is 32.1 Å². The zero-order chi connectivity index (χ0) is 35.1. The molecule has 258 valence electrons. The minimum absolute atomic E-state index is 0.0158. The molecule has 0 aromatic heterocycles. The molecule has 1 amide bonds. The number of sulfone groups is 1. The molecule has 5 rings (SSSR count). The van der Waals surface area contributed by atoms with Gasteiger partial charge in [-0.2, -0.15) is 13.2 Å². The standard InChI is InChI=1S/C35H33BrF3N3O6S/c36-30-13-5-4-12-29(30)31-34(18-21-49(45,46)28-10-2-1-3-11-28,33(44)42-40-23-24-8-6-9-26(22-24)35(37,38)39)41-32(48-31)25-14-16-27(17-15-25)47-20-7-19-43/h1-6,8-17,22,31,40,43H,7,18-21,23H2,(H,42,44)/t31-,34-/m0/s1. The first-order chi connectivity index (χ1) is 23.4. The lowest BCUT2D eigenvalue weighted by molar-refractivity contribution is -0.137. The first kappa shape index (κ1) is 36.1. The number of nitrogens with one attached hydrogen (secondary N) is 2. The Morgan fingerprint density at radius 1 is 0.980 bits per heavy atom. The van der Waals surface area contributed by atoms with Gasteiger partial charge in [0.25, 0.3) is 5.91 Å². The van der Waals surface area contributed by atoms with Crippen LogP contribution in [0, 0.1) is 0 Å². The van der Waals surface area contributed by atoms with Crippen molar-refractivity contribution in [1.29, 1.82) is 0 Å². The lowest BCUT2D eigenvalue weighted by Crippen LogP contribution is -2.53. The van der Waals surface area contributed by atoms with Crippen LogP contribution in [-0.4, -0.2) is 49.8 Å². The van der Waals surface area contributed by atoms with Crippen LogP contribution in [0.5, 0.6) is 5.75 Å². The normalized spacial score (nSPS) is 17.7. The van der Waals surface area contributed by atoms with Crippen LogP contribution in [0.15, 0.2) is 117 Å². The molecular weight excluding hydrogens is 727 g/mol. The summed E-state index contributed by atoms with van der Waals surface area (Å²) >= 11 is 3.53. The number of hydrogen-bond donors (Lipinski definition) is 3. The third-order valence-corrected chi connectivity index (χ3v) is 10.3. The highest BCUT2D eigenvalue weighted by Gasteiger charge is 2.54. The van der Waals surface area contributed by atoms with E-state index in [1.807, 2.05) is 0 Å². The second-order valence-corrected chi connectivity index (χ2v) is 14.2. The number of halogens is 4. The SMILES string of the molecule is O=C(NNCc1cccc(C(F)(F)F)c1)[C@@]1(CCS(=O)(=O)c2ccccc2)N=C(c2ccc(OCCCO)cc2)O[C@H]1c1ccccc1Br. The van der Waals surface area contributed by atoms with E-state index in [4.69, 9.17) is 19.6 Å². The summed E-state index contributed by atoms with van der Waals surface area (Å²) in [4.78, 5) is 19.2. The Morgan fingerprint density at radius 3 is 2.39 bits per heavy atom. The third-order valence-electron chi connectivity index (χ3n) is 7.82. The zero-order valence-corrected chi connectivity index (χ0v) is 28.4. The monoisotopic (exact) mass is 759 g/mol. The van der Waals surface area contributed by atoms with E-state index < -0.39 is 44.9 Å². The minimum atomic E-state index is -4.54. The molecule has 3 N–H and O–H groups in total. The van der Waals surface area contributed by atoms with Gasteiger partial charge in [0, 0.05) is 41.6 Å². The van der Waals surface area contributed by atoms with E-state index in [0.717, 1.165) is 12.1 Å². The van der Waals surface area contributed by atoms with E-state index in [1.165, 1.54) is 24.3 Å². The highest BCUT2D eigenvalue weighted by Crippen LogP contribution is 2.45. The average Bonchev–Trinajstić information content (AvgIpc) is 3.49. The van der Waals surface area contributed by atoms with Gasteiger partial charge in [-0.3, -0.25) is 10.2 Å². The molecule has 0 saturated carbocycles. The van der Waals surface area contributed by atoms with Crippen LogP contribution in [0.2, 0.25) is 0 Å². The molecule has 2 atom stereocenters. The molecule has 4 aromatic rings. The molecular formula is C35H33BrF3N3O6S. The minimum Gasteiger partial charge on any atom is -0.494 e. The first-order valence-corrected chi connectivity index (χ1v) is 17.7. The summed E-state index contributed by atoms with van der Waals surface area (Å²) in [6.45, 7) is 0.130. The quantitative estimate of drug-likeness (QED) is 0.104. The second kappa shape index (κ2) is 15.5. The van der Waals surface area contributed by atoms with Crippen LogP contribution in [0.4, 0.5) is 13.2 Å². The van der Waals surface area contributed by atoms with Gasteiger partial charge in [0.2, 0.25) is 5.90 Å². The number of benzene rings is 4. The molecule has 0 radical (unpaired) electrons. The van der Waals surface area contributed by atoms with Gasteiger partial charge < -0.3 is 14.6 Å². The Balaban J connectivity index is 1.51. The van der Waals surface area contributed by atoms with Crippen LogP contribution < -0.4 is 15.6 Å². The predicted molar refractivity (Wildman–Crippen MR) is 180 cm³/mol. The number of rotatable bonds is 14. The molecule has 0 aliphatic carbocycles. The fourth-order valence-corrected chi connectivity index (χ4v) is 7.14. The van der Waals surface area contributed by atoms with Gasteiger partial charge in [0.05, 0.1) is 22.8 Å². The van der Waals surface area contributed by atoms with Gasteiger partial charge in [-0.25, -0.2) is 18.8 Å². The number of aliphatic hydroxyl groups excluding tert-OH is 1. The van der Waals surface area contributed by atoms with E-state index in [1.54, 1.807) is 66.7 Å². The highest BCUT2D eigenvalue weighted by atomic mass is 79.9. The molecule has 0 unspecified atom stereocenters. The number of hydrogen-bond acceptors (Lipinski definition) is 8. The van der Waals surface area contributed by atoms with Gasteiger partial charge in [0.15, 0.2) is 21.5 Å². The van der Waals surface area contributed by atoms with Crippen molar-refractivity contribution < 1.29 is 41.0 Å². The van der Waals surface area contributed by atoms with Crippen molar-refractivity contribution in [3.8, 4) is 5.75 Å². The van der Waals surface area contributed by atoms with Crippen molar-refractivity contribution in [2.24, 2.45) is 4.99 Å². The number of carbonyl (C=O) groups is 1. The highest BCUT2D eigenvalue weighted by molar-refractivity contribution is 9.10. The van der Waals surface area contributed by atoms with Gasteiger partial charge in [0.1, 0.15) is 5.75 Å². The van der Waals surface area contributed by atoms with Crippen molar-refractivity contribution in [3.63, 3.8) is 0 Å². The largest absolute Gasteiger partial charge is 0.494 e. The fourth-order valence-electron chi connectivity index (χ4n) is 5.26. The lowest BCUT2D eigenvalue weighted by atomic mass is 9.85. The number of aliphatic imine (C=N–C) groups is 1. The predicted octanol–water partition coefficient (Wildman–Crippen LogP) is 6.17. The van der Waals surface area contributed by atoms with Crippen molar-refractivity contribution in [2.45, 2.75) is 42.1 Å².